The molecular formula is C35H70N6O5. The predicted octanol–water partition coefficient (Wildman–Crippen LogP) is 7.05. The fourth-order valence-corrected chi connectivity index (χ4v) is 5.00. The Morgan fingerprint density at radius 1 is 0.435 bits per heavy atom. The lowest BCUT2D eigenvalue weighted by atomic mass is 10.1. The van der Waals surface area contributed by atoms with E-state index in [1.807, 2.05) is 0 Å². The lowest BCUT2D eigenvalue weighted by Gasteiger charge is -2.18. The number of carbonyl (C=O) groups excluding carboxylic acids is 4. The monoisotopic (exact) mass is 655 g/mol. The molecule has 6 amide bonds. The summed E-state index contributed by atoms with van der Waals surface area (Å²) in [6, 6.07) is -1.67. The number of hydrogen-bond acceptors (Lipinski definition) is 5. The largest absolute Gasteiger partial charge is 0.462 e. The van der Waals surface area contributed by atoms with Gasteiger partial charge in [-0.25, -0.2) is 19.2 Å². The number of urea groups is 3. The average molecular weight is 655 g/mol. The SMILES string of the molecule is CCCCCCCCNC(=O)NCCCCC(NC(=O)NCCCCCCCC)C(=O)OCCNC(=O)NCCCCCCCC. The van der Waals surface area contributed by atoms with Crippen LogP contribution in [0.4, 0.5) is 14.4 Å². The maximum Gasteiger partial charge on any atom is 0.328 e. The highest BCUT2D eigenvalue weighted by Gasteiger charge is 2.22. The second kappa shape index (κ2) is 33.6. The van der Waals surface area contributed by atoms with Gasteiger partial charge in [0.05, 0.1) is 6.54 Å². The van der Waals surface area contributed by atoms with Crippen LogP contribution in [0.25, 0.3) is 0 Å². The van der Waals surface area contributed by atoms with Gasteiger partial charge in [0.2, 0.25) is 0 Å². The van der Waals surface area contributed by atoms with Crippen LogP contribution in [0.3, 0.4) is 0 Å². The van der Waals surface area contributed by atoms with Crippen molar-refractivity contribution in [2.75, 3.05) is 39.3 Å². The maximum absolute atomic E-state index is 12.8. The van der Waals surface area contributed by atoms with Gasteiger partial charge in [0.15, 0.2) is 0 Å². The molecule has 0 saturated heterocycles. The zero-order chi connectivity index (χ0) is 33.9. The van der Waals surface area contributed by atoms with E-state index < -0.39 is 18.0 Å². The Morgan fingerprint density at radius 3 is 1.22 bits per heavy atom. The minimum Gasteiger partial charge on any atom is -0.462 e. The number of rotatable bonds is 31. The molecule has 1 unspecified atom stereocenters. The van der Waals surface area contributed by atoms with E-state index in [9.17, 15) is 19.2 Å². The van der Waals surface area contributed by atoms with Crippen molar-refractivity contribution in [3.63, 3.8) is 0 Å². The highest BCUT2D eigenvalue weighted by molar-refractivity contribution is 5.83. The van der Waals surface area contributed by atoms with Crippen molar-refractivity contribution in [1.82, 2.24) is 31.9 Å². The molecule has 0 aromatic rings. The Morgan fingerprint density at radius 2 is 0.783 bits per heavy atom. The Labute approximate surface area is 280 Å². The maximum atomic E-state index is 12.8. The fraction of sp³-hybridized carbons (Fsp3) is 0.886. The van der Waals surface area contributed by atoms with Crippen molar-refractivity contribution in [2.24, 2.45) is 0 Å². The number of hydrogen-bond donors (Lipinski definition) is 6. The Hall–Kier alpha value is -2.72. The standard InChI is InChI=1S/C35H70N6O5/c1-4-7-10-13-16-20-25-36-33(43)38-28-23-19-24-31(41-35(45)39-27-22-18-15-12-9-6-3)32(42)46-30-29-40-34(44)37-26-21-17-14-11-8-5-2/h31H,4-30H2,1-3H3,(H2,36,38,43)(H2,37,40,44)(H2,39,41,45). The number of esters is 1. The third kappa shape index (κ3) is 30.0. The Bertz CT molecular complexity index is 755. The van der Waals surface area contributed by atoms with Gasteiger partial charge < -0.3 is 36.6 Å². The summed E-state index contributed by atoms with van der Waals surface area (Å²) in [5.41, 5.74) is 0. The quantitative estimate of drug-likeness (QED) is 0.0350. The van der Waals surface area contributed by atoms with Crippen molar-refractivity contribution >= 4 is 24.1 Å². The molecule has 1 atom stereocenters. The number of carbonyl (C=O) groups is 4. The predicted molar refractivity (Wildman–Crippen MR) is 188 cm³/mol. The van der Waals surface area contributed by atoms with E-state index in [0.29, 0.717) is 45.4 Å². The van der Waals surface area contributed by atoms with E-state index in [4.69, 9.17) is 4.74 Å². The molecule has 11 nitrogen and oxygen atoms in total. The second-order valence-electron chi connectivity index (χ2n) is 12.3. The molecule has 270 valence electrons. The first-order chi connectivity index (χ1) is 22.4. The highest BCUT2D eigenvalue weighted by atomic mass is 16.5. The third-order valence-electron chi connectivity index (χ3n) is 7.87. The average Bonchev–Trinajstić information content (AvgIpc) is 3.04. The Kier molecular flexibility index (Phi) is 31.6. The summed E-state index contributed by atoms with van der Waals surface area (Å²) in [6.45, 7) is 9.08. The van der Waals surface area contributed by atoms with E-state index in [-0.39, 0.29) is 25.2 Å². The van der Waals surface area contributed by atoms with Gasteiger partial charge in [-0.3, -0.25) is 0 Å². The zero-order valence-electron chi connectivity index (χ0n) is 29.7. The van der Waals surface area contributed by atoms with Crippen LogP contribution in [0.15, 0.2) is 0 Å². The summed E-state index contributed by atoms with van der Waals surface area (Å²) in [5, 5.41) is 16.9. The molecule has 0 rings (SSSR count). The van der Waals surface area contributed by atoms with Crippen molar-refractivity contribution in [2.45, 2.75) is 162 Å². The number of amides is 6. The van der Waals surface area contributed by atoms with Crippen molar-refractivity contribution in [3.8, 4) is 0 Å². The topological polar surface area (TPSA) is 150 Å². The number of nitrogens with one attached hydrogen (secondary N) is 6. The molecule has 0 heterocycles. The van der Waals surface area contributed by atoms with Crippen molar-refractivity contribution < 1.29 is 23.9 Å². The molecule has 11 heteroatoms. The smallest absolute Gasteiger partial charge is 0.328 e. The van der Waals surface area contributed by atoms with Crippen LogP contribution in [0, 0.1) is 0 Å². The van der Waals surface area contributed by atoms with Crippen LogP contribution in [0.2, 0.25) is 0 Å². The summed E-state index contributed by atoms with van der Waals surface area (Å²) >= 11 is 0. The summed E-state index contributed by atoms with van der Waals surface area (Å²) in [6.07, 6.45) is 22.4. The molecule has 0 aliphatic carbocycles. The summed E-state index contributed by atoms with van der Waals surface area (Å²) in [7, 11) is 0. The number of ether oxygens (including phenoxy) is 1. The molecule has 0 bridgehead atoms. The lowest BCUT2D eigenvalue weighted by molar-refractivity contribution is -0.145. The van der Waals surface area contributed by atoms with Gasteiger partial charge in [-0.05, 0) is 38.5 Å². The van der Waals surface area contributed by atoms with Crippen LogP contribution in [0.1, 0.15) is 156 Å². The molecule has 46 heavy (non-hydrogen) atoms. The molecule has 0 aliphatic rings. The van der Waals surface area contributed by atoms with Crippen molar-refractivity contribution in [1.29, 1.82) is 0 Å². The minimum atomic E-state index is -0.812. The first-order valence-corrected chi connectivity index (χ1v) is 18.7. The van der Waals surface area contributed by atoms with Gasteiger partial charge in [-0.15, -0.1) is 0 Å². The highest BCUT2D eigenvalue weighted by Crippen LogP contribution is 2.07. The first kappa shape index (κ1) is 43.3. The van der Waals surface area contributed by atoms with Gasteiger partial charge in [-0.1, -0.05) is 117 Å². The normalized spacial score (nSPS) is 11.4. The molecule has 0 aromatic carbocycles. The fourth-order valence-electron chi connectivity index (χ4n) is 5.00. The third-order valence-corrected chi connectivity index (χ3v) is 7.87. The van der Waals surface area contributed by atoms with Crippen LogP contribution >= 0.6 is 0 Å². The molecular weight excluding hydrogens is 584 g/mol. The summed E-state index contributed by atoms with van der Waals surface area (Å²) in [5.74, 6) is -0.534. The van der Waals surface area contributed by atoms with Gasteiger partial charge in [-0.2, -0.15) is 0 Å². The van der Waals surface area contributed by atoms with E-state index in [1.54, 1.807) is 0 Å². The van der Waals surface area contributed by atoms with E-state index in [1.165, 1.54) is 70.6 Å². The zero-order valence-corrected chi connectivity index (χ0v) is 29.7. The van der Waals surface area contributed by atoms with Crippen LogP contribution in [-0.4, -0.2) is 69.4 Å². The molecule has 0 saturated carbocycles. The van der Waals surface area contributed by atoms with E-state index in [0.717, 1.165) is 44.9 Å². The van der Waals surface area contributed by atoms with Crippen LogP contribution in [-0.2, 0) is 9.53 Å². The van der Waals surface area contributed by atoms with Gasteiger partial charge >= 0.3 is 24.1 Å². The molecule has 0 aromatic heterocycles. The Balaban J connectivity index is 4.40. The van der Waals surface area contributed by atoms with Crippen LogP contribution < -0.4 is 31.9 Å². The van der Waals surface area contributed by atoms with Gasteiger partial charge in [0.1, 0.15) is 12.6 Å². The summed E-state index contributed by atoms with van der Waals surface area (Å²) in [4.78, 5) is 49.4. The molecule has 6 N–H and O–H groups in total. The lowest BCUT2D eigenvalue weighted by Crippen LogP contribution is -2.47. The number of unbranched alkanes of at least 4 members (excludes halogenated alkanes) is 16. The molecule has 0 fully saturated rings. The summed E-state index contributed by atoms with van der Waals surface area (Å²) < 4.78 is 5.39. The van der Waals surface area contributed by atoms with Crippen molar-refractivity contribution in [3.05, 3.63) is 0 Å². The second-order valence-corrected chi connectivity index (χ2v) is 12.3. The van der Waals surface area contributed by atoms with Crippen LogP contribution in [0.5, 0.6) is 0 Å². The van der Waals surface area contributed by atoms with Gasteiger partial charge in [0, 0.05) is 26.2 Å². The minimum absolute atomic E-state index is 0.0150. The van der Waals surface area contributed by atoms with E-state index >= 15 is 0 Å². The molecule has 0 radical (unpaired) electrons. The molecule has 0 aliphatic heterocycles. The molecule has 0 spiro atoms. The van der Waals surface area contributed by atoms with Gasteiger partial charge in [0.25, 0.3) is 0 Å². The van der Waals surface area contributed by atoms with E-state index in [2.05, 4.69) is 52.7 Å². The first-order valence-electron chi connectivity index (χ1n) is 18.7.